The Morgan fingerprint density at radius 2 is 2.36 bits per heavy atom. The van der Waals surface area contributed by atoms with Crippen molar-refractivity contribution in [3.63, 3.8) is 0 Å². The smallest absolute Gasteiger partial charge is 0.228 e. The van der Waals surface area contributed by atoms with Gasteiger partial charge in [0.25, 0.3) is 0 Å². The molecule has 0 unspecified atom stereocenters. The molecule has 1 fully saturated rings. The minimum Gasteiger partial charge on any atom is -0.326 e. The number of amides is 1. The zero-order valence-corrected chi connectivity index (χ0v) is 6.98. The van der Waals surface area contributed by atoms with Crippen LogP contribution >= 0.6 is 0 Å². The Morgan fingerprint density at radius 1 is 1.64 bits per heavy atom. The van der Waals surface area contributed by atoms with Crippen molar-refractivity contribution in [3.8, 4) is 0 Å². The molecular weight excluding hydrogens is 138 g/mol. The number of hydrogen-bond acceptors (Lipinski definition) is 1. The molecule has 1 heterocycles. The summed E-state index contributed by atoms with van der Waals surface area (Å²) in [7, 11) is 0. The topological polar surface area (TPSA) is 29.1 Å². The van der Waals surface area contributed by atoms with Gasteiger partial charge in [-0.15, -0.1) is 0 Å². The zero-order chi connectivity index (χ0) is 8.27. The van der Waals surface area contributed by atoms with Crippen molar-refractivity contribution in [1.29, 1.82) is 0 Å². The highest BCUT2D eigenvalue weighted by Gasteiger charge is 2.18. The van der Waals surface area contributed by atoms with Crippen LogP contribution < -0.4 is 5.32 Å². The fourth-order valence-corrected chi connectivity index (χ4v) is 1.23. The first kappa shape index (κ1) is 8.05. The van der Waals surface area contributed by atoms with Crippen molar-refractivity contribution in [2.45, 2.75) is 26.7 Å². The zero-order valence-electron chi connectivity index (χ0n) is 6.98. The standard InChI is InChI=1S/C9H13NO/c1-3-5-7-6-9(11)10-8(7)4-2/h4-5H,3,6H2,1-2H3,(H,10,11)/b7-5-,8-4+. The number of carbonyl (C=O) groups excluding carboxylic acids is 1. The van der Waals surface area contributed by atoms with Crippen LogP contribution in [0.5, 0.6) is 0 Å². The van der Waals surface area contributed by atoms with Crippen LogP contribution in [-0.4, -0.2) is 5.91 Å². The van der Waals surface area contributed by atoms with E-state index in [1.165, 1.54) is 0 Å². The quantitative estimate of drug-likeness (QED) is 0.607. The molecule has 0 bridgehead atoms. The lowest BCUT2D eigenvalue weighted by atomic mass is 10.1. The number of nitrogens with one attached hydrogen (secondary N) is 1. The molecule has 0 aromatic carbocycles. The second kappa shape index (κ2) is 3.37. The van der Waals surface area contributed by atoms with E-state index in [-0.39, 0.29) is 5.91 Å². The molecule has 0 atom stereocenters. The Bertz CT molecular complexity index is 226. The Labute approximate surface area is 67.0 Å². The summed E-state index contributed by atoms with van der Waals surface area (Å²) in [5, 5.41) is 2.79. The maximum Gasteiger partial charge on any atom is 0.228 e. The first-order valence-electron chi connectivity index (χ1n) is 3.93. The van der Waals surface area contributed by atoms with Crippen molar-refractivity contribution in [2.24, 2.45) is 0 Å². The Balaban J connectivity index is 2.81. The van der Waals surface area contributed by atoms with Crippen LogP contribution in [0.25, 0.3) is 0 Å². The van der Waals surface area contributed by atoms with Gasteiger partial charge in [0.05, 0.1) is 6.42 Å². The van der Waals surface area contributed by atoms with E-state index in [2.05, 4.69) is 18.3 Å². The number of hydrogen-bond donors (Lipinski definition) is 1. The highest BCUT2D eigenvalue weighted by molar-refractivity contribution is 5.86. The molecule has 1 rings (SSSR count). The SMILES string of the molecule is C/C=C1/NC(=O)C/C1=C/CC. The average Bonchev–Trinajstić information content (AvgIpc) is 2.32. The van der Waals surface area contributed by atoms with Gasteiger partial charge in [0.1, 0.15) is 0 Å². The van der Waals surface area contributed by atoms with Crippen molar-refractivity contribution in [3.05, 3.63) is 23.4 Å². The van der Waals surface area contributed by atoms with Crippen LogP contribution in [0.4, 0.5) is 0 Å². The van der Waals surface area contributed by atoms with Gasteiger partial charge in [-0.1, -0.05) is 19.1 Å². The molecule has 2 heteroatoms. The van der Waals surface area contributed by atoms with E-state index in [0.29, 0.717) is 6.42 Å². The molecular formula is C9H13NO. The van der Waals surface area contributed by atoms with Gasteiger partial charge in [0, 0.05) is 5.70 Å². The minimum atomic E-state index is 0.109. The Morgan fingerprint density at radius 3 is 2.91 bits per heavy atom. The molecule has 60 valence electrons. The molecule has 1 saturated heterocycles. The van der Waals surface area contributed by atoms with Crippen LogP contribution in [0.2, 0.25) is 0 Å². The van der Waals surface area contributed by atoms with Gasteiger partial charge in [-0.05, 0) is 18.9 Å². The summed E-state index contributed by atoms with van der Waals surface area (Å²) >= 11 is 0. The van der Waals surface area contributed by atoms with E-state index >= 15 is 0 Å². The first-order chi connectivity index (χ1) is 5.27. The highest BCUT2D eigenvalue weighted by atomic mass is 16.1. The lowest BCUT2D eigenvalue weighted by Crippen LogP contribution is -2.11. The van der Waals surface area contributed by atoms with Crippen LogP contribution in [0.3, 0.4) is 0 Å². The predicted molar refractivity (Wildman–Crippen MR) is 44.9 cm³/mol. The molecule has 0 aromatic rings. The summed E-state index contributed by atoms with van der Waals surface area (Å²) in [5.74, 6) is 0.109. The lowest BCUT2D eigenvalue weighted by molar-refractivity contribution is -0.118. The minimum absolute atomic E-state index is 0.109. The normalized spacial score (nSPS) is 24.7. The van der Waals surface area contributed by atoms with Gasteiger partial charge in [-0.2, -0.15) is 0 Å². The third-order valence-corrected chi connectivity index (χ3v) is 1.71. The molecule has 1 N–H and O–H groups in total. The van der Waals surface area contributed by atoms with Crippen LogP contribution in [0.15, 0.2) is 23.4 Å². The maximum atomic E-state index is 10.9. The molecule has 11 heavy (non-hydrogen) atoms. The van der Waals surface area contributed by atoms with E-state index in [4.69, 9.17) is 0 Å². The third kappa shape index (κ3) is 1.70. The van der Waals surface area contributed by atoms with E-state index in [1.54, 1.807) is 0 Å². The van der Waals surface area contributed by atoms with Gasteiger partial charge in [-0.3, -0.25) is 4.79 Å². The molecule has 1 amide bonds. The molecule has 1 aliphatic rings. The molecule has 0 radical (unpaired) electrons. The summed E-state index contributed by atoms with van der Waals surface area (Å²) < 4.78 is 0. The van der Waals surface area contributed by atoms with Crippen molar-refractivity contribution < 1.29 is 4.79 Å². The second-order valence-corrected chi connectivity index (χ2v) is 2.56. The Hall–Kier alpha value is -1.05. The van der Waals surface area contributed by atoms with Gasteiger partial charge in [0.15, 0.2) is 0 Å². The van der Waals surface area contributed by atoms with Gasteiger partial charge in [0.2, 0.25) is 5.91 Å². The van der Waals surface area contributed by atoms with E-state index in [1.807, 2.05) is 13.0 Å². The number of allylic oxidation sites excluding steroid dienone is 3. The number of rotatable bonds is 1. The molecule has 1 aliphatic heterocycles. The lowest BCUT2D eigenvalue weighted by Gasteiger charge is -1.96. The molecule has 0 aliphatic carbocycles. The summed E-state index contributed by atoms with van der Waals surface area (Å²) in [6, 6.07) is 0. The monoisotopic (exact) mass is 151 g/mol. The highest BCUT2D eigenvalue weighted by Crippen LogP contribution is 2.18. The molecule has 0 spiro atoms. The summed E-state index contributed by atoms with van der Waals surface area (Å²) in [5.41, 5.74) is 2.12. The molecule has 2 nitrogen and oxygen atoms in total. The van der Waals surface area contributed by atoms with E-state index < -0.39 is 0 Å². The maximum absolute atomic E-state index is 10.9. The predicted octanol–water partition coefficient (Wildman–Crippen LogP) is 1.75. The fourth-order valence-electron chi connectivity index (χ4n) is 1.23. The second-order valence-electron chi connectivity index (χ2n) is 2.56. The molecule has 0 aromatic heterocycles. The van der Waals surface area contributed by atoms with Crippen LogP contribution in [0, 0.1) is 0 Å². The van der Waals surface area contributed by atoms with Crippen molar-refractivity contribution in [2.75, 3.05) is 0 Å². The van der Waals surface area contributed by atoms with E-state index in [9.17, 15) is 4.79 Å². The summed E-state index contributed by atoms with van der Waals surface area (Å²) in [6.07, 6.45) is 5.56. The van der Waals surface area contributed by atoms with Crippen LogP contribution in [0.1, 0.15) is 26.7 Å². The fraction of sp³-hybridized carbons (Fsp3) is 0.444. The van der Waals surface area contributed by atoms with Crippen molar-refractivity contribution >= 4 is 5.91 Å². The van der Waals surface area contributed by atoms with Gasteiger partial charge >= 0.3 is 0 Å². The van der Waals surface area contributed by atoms with Crippen LogP contribution in [-0.2, 0) is 4.79 Å². The summed E-state index contributed by atoms with van der Waals surface area (Å²) in [6.45, 7) is 4.01. The van der Waals surface area contributed by atoms with Gasteiger partial charge < -0.3 is 5.32 Å². The summed E-state index contributed by atoms with van der Waals surface area (Å²) in [4.78, 5) is 10.9. The largest absolute Gasteiger partial charge is 0.326 e. The Kier molecular flexibility index (Phi) is 2.47. The van der Waals surface area contributed by atoms with Gasteiger partial charge in [-0.25, -0.2) is 0 Å². The third-order valence-electron chi connectivity index (χ3n) is 1.71. The first-order valence-corrected chi connectivity index (χ1v) is 3.93. The molecule has 0 saturated carbocycles. The van der Waals surface area contributed by atoms with Crippen molar-refractivity contribution in [1.82, 2.24) is 5.32 Å². The number of carbonyl (C=O) groups is 1. The van der Waals surface area contributed by atoms with E-state index in [0.717, 1.165) is 17.7 Å². The average molecular weight is 151 g/mol.